The fraction of sp³-hybridized carbons (Fsp3) is 0.278. The molecule has 5 heteroatoms. The Kier molecular flexibility index (Phi) is 4.86. The molecule has 120 valence electrons. The molecule has 1 unspecified atom stereocenters. The molecule has 1 saturated carbocycles. The fourth-order valence-electron chi connectivity index (χ4n) is 2.26. The lowest BCUT2D eigenvalue weighted by atomic mass is 10.1. The molecular weight excluding hydrogens is 313 g/mol. The molecule has 1 fully saturated rings. The first-order valence-corrected chi connectivity index (χ1v) is 8.41. The molecule has 0 saturated heterocycles. The van der Waals surface area contributed by atoms with Crippen molar-refractivity contribution < 1.29 is 13.9 Å². The van der Waals surface area contributed by atoms with E-state index in [9.17, 15) is 9.18 Å². The van der Waals surface area contributed by atoms with Crippen molar-refractivity contribution in [3.05, 3.63) is 59.9 Å². The van der Waals surface area contributed by atoms with E-state index in [1.807, 2.05) is 24.3 Å². The fourth-order valence-corrected chi connectivity index (χ4v) is 3.41. The zero-order chi connectivity index (χ0) is 16.2. The van der Waals surface area contributed by atoms with Crippen LogP contribution in [-0.4, -0.2) is 19.1 Å². The molecule has 0 radical (unpaired) electrons. The molecule has 3 nitrogen and oxygen atoms in total. The first kappa shape index (κ1) is 15.9. The summed E-state index contributed by atoms with van der Waals surface area (Å²) >= 11 is 1.42. The van der Waals surface area contributed by atoms with Crippen LogP contribution in [0.3, 0.4) is 0 Å². The lowest BCUT2D eigenvalue weighted by Crippen LogP contribution is -2.29. The second-order valence-corrected chi connectivity index (χ2v) is 6.63. The average Bonchev–Trinajstić information content (AvgIpc) is 3.38. The number of benzene rings is 2. The zero-order valence-corrected chi connectivity index (χ0v) is 13.6. The number of hydrogen-bond donors (Lipinski definition) is 1. The number of carbonyl (C=O) groups is 1. The highest BCUT2D eigenvalue weighted by atomic mass is 32.2. The van der Waals surface area contributed by atoms with E-state index < -0.39 is 5.25 Å². The molecule has 1 amide bonds. The molecule has 2 aromatic carbocycles. The molecule has 0 bridgehead atoms. The van der Waals surface area contributed by atoms with Crippen LogP contribution >= 0.6 is 11.8 Å². The van der Waals surface area contributed by atoms with Gasteiger partial charge >= 0.3 is 0 Å². The minimum atomic E-state index is -0.438. The first-order valence-electron chi connectivity index (χ1n) is 7.53. The van der Waals surface area contributed by atoms with Gasteiger partial charge in [-0.15, -0.1) is 11.8 Å². The van der Waals surface area contributed by atoms with Gasteiger partial charge in [-0.3, -0.25) is 4.79 Å². The van der Waals surface area contributed by atoms with Crippen LogP contribution in [0.5, 0.6) is 5.75 Å². The van der Waals surface area contributed by atoms with Crippen LogP contribution in [0.1, 0.15) is 23.7 Å². The van der Waals surface area contributed by atoms with Crippen molar-refractivity contribution in [3.8, 4) is 5.75 Å². The maximum Gasteiger partial charge on any atom is 0.238 e. The van der Waals surface area contributed by atoms with Gasteiger partial charge in [0.2, 0.25) is 5.91 Å². The Hall–Kier alpha value is -2.01. The van der Waals surface area contributed by atoms with E-state index in [-0.39, 0.29) is 17.8 Å². The largest absolute Gasteiger partial charge is 0.496 e. The van der Waals surface area contributed by atoms with Crippen LogP contribution < -0.4 is 10.1 Å². The molecule has 1 aliphatic rings. The summed E-state index contributed by atoms with van der Waals surface area (Å²) in [5.74, 6) is 0.372. The third-order valence-corrected chi connectivity index (χ3v) is 4.96. The number of carbonyl (C=O) groups excluding carboxylic acids is 1. The molecule has 2 aromatic rings. The van der Waals surface area contributed by atoms with Crippen LogP contribution in [0.2, 0.25) is 0 Å². The molecule has 3 rings (SSSR count). The van der Waals surface area contributed by atoms with Crippen molar-refractivity contribution in [1.82, 2.24) is 5.32 Å². The Labute approximate surface area is 139 Å². The van der Waals surface area contributed by atoms with E-state index in [4.69, 9.17) is 4.74 Å². The molecular formula is C18H18FNO2S. The Morgan fingerprint density at radius 2 is 1.91 bits per heavy atom. The number of methoxy groups -OCH3 is 1. The molecule has 0 heterocycles. The van der Waals surface area contributed by atoms with E-state index in [1.165, 1.54) is 23.9 Å². The van der Waals surface area contributed by atoms with E-state index >= 15 is 0 Å². The normalized spacial score (nSPS) is 15.0. The van der Waals surface area contributed by atoms with E-state index in [2.05, 4.69) is 5.32 Å². The van der Waals surface area contributed by atoms with Gasteiger partial charge in [0.25, 0.3) is 0 Å². The molecule has 0 aliphatic heterocycles. The predicted octanol–water partition coefficient (Wildman–Crippen LogP) is 3.95. The minimum Gasteiger partial charge on any atom is -0.496 e. The molecule has 1 N–H and O–H groups in total. The summed E-state index contributed by atoms with van der Waals surface area (Å²) in [5, 5.41) is 2.59. The lowest BCUT2D eigenvalue weighted by molar-refractivity contribution is -0.120. The van der Waals surface area contributed by atoms with Gasteiger partial charge in [0.05, 0.1) is 12.0 Å². The van der Waals surface area contributed by atoms with E-state index in [0.717, 1.165) is 29.1 Å². The predicted molar refractivity (Wildman–Crippen MR) is 89.2 cm³/mol. The average molecular weight is 331 g/mol. The van der Waals surface area contributed by atoms with Crippen LogP contribution in [0.15, 0.2) is 53.4 Å². The summed E-state index contributed by atoms with van der Waals surface area (Å²) in [4.78, 5) is 13.5. The van der Waals surface area contributed by atoms with Gasteiger partial charge in [-0.1, -0.05) is 24.3 Å². The Morgan fingerprint density at radius 1 is 1.22 bits per heavy atom. The Balaban J connectivity index is 1.87. The van der Waals surface area contributed by atoms with Crippen molar-refractivity contribution in [2.24, 2.45) is 0 Å². The zero-order valence-electron chi connectivity index (χ0n) is 12.8. The van der Waals surface area contributed by atoms with Gasteiger partial charge < -0.3 is 10.1 Å². The van der Waals surface area contributed by atoms with Gasteiger partial charge in [-0.2, -0.15) is 0 Å². The third kappa shape index (κ3) is 4.05. The molecule has 23 heavy (non-hydrogen) atoms. The quantitative estimate of drug-likeness (QED) is 0.815. The molecule has 1 aliphatic carbocycles. The SMILES string of the molecule is COc1ccccc1SC(C(=O)NC1CC1)c1ccc(F)cc1. The monoisotopic (exact) mass is 331 g/mol. The summed E-state index contributed by atoms with van der Waals surface area (Å²) < 4.78 is 18.6. The topological polar surface area (TPSA) is 38.3 Å². The summed E-state index contributed by atoms with van der Waals surface area (Å²) in [6.45, 7) is 0. The van der Waals surface area contributed by atoms with Crippen LogP contribution in [0.4, 0.5) is 4.39 Å². The molecule has 1 atom stereocenters. The molecule has 0 aromatic heterocycles. The van der Waals surface area contributed by atoms with Crippen molar-refractivity contribution in [2.75, 3.05) is 7.11 Å². The number of nitrogens with one attached hydrogen (secondary N) is 1. The highest BCUT2D eigenvalue weighted by Gasteiger charge is 2.29. The second-order valence-electron chi connectivity index (χ2n) is 5.48. The summed E-state index contributed by atoms with van der Waals surface area (Å²) in [6, 6.07) is 14.0. The van der Waals surface area contributed by atoms with Gasteiger partial charge in [0.15, 0.2) is 0 Å². The highest BCUT2D eigenvalue weighted by molar-refractivity contribution is 8.00. The number of halogens is 1. The Bertz CT molecular complexity index is 686. The van der Waals surface area contributed by atoms with Gasteiger partial charge in [-0.25, -0.2) is 4.39 Å². The number of thioether (sulfide) groups is 1. The first-order chi connectivity index (χ1) is 11.2. The van der Waals surface area contributed by atoms with E-state index in [0.29, 0.717) is 0 Å². The molecule has 0 spiro atoms. The van der Waals surface area contributed by atoms with Crippen LogP contribution in [-0.2, 0) is 4.79 Å². The lowest BCUT2D eigenvalue weighted by Gasteiger charge is -2.18. The number of ether oxygens (including phenoxy) is 1. The standard InChI is InChI=1S/C18H18FNO2S/c1-22-15-4-2-3-5-16(15)23-17(18(21)20-14-10-11-14)12-6-8-13(19)9-7-12/h2-9,14,17H,10-11H2,1H3,(H,20,21). The summed E-state index contributed by atoms with van der Waals surface area (Å²) in [7, 11) is 1.61. The second kappa shape index (κ2) is 7.04. The summed E-state index contributed by atoms with van der Waals surface area (Å²) in [5.41, 5.74) is 0.778. The highest BCUT2D eigenvalue weighted by Crippen LogP contribution is 2.40. The smallest absolute Gasteiger partial charge is 0.238 e. The number of rotatable bonds is 6. The van der Waals surface area contributed by atoms with Gasteiger partial charge in [0, 0.05) is 6.04 Å². The number of para-hydroxylation sites is 1. The van der Waals surface area contributed by atoms with Crippen molar-refractivity contribution in [2.45, 2.75) is 29.0 Å². The van der Waals surface area contributed by atoms with E-state index in [1.54, 1.807) is 19.2 Å². The third-order valence-electron chi connectivity index (χ3n) is 3.65. The maximum atomic E-state index is 13.2. The summed E-state index contributed by atoms with van der Waals surface area (Å²) in [6.07, 6.45) is 2.06. The van der Waals surface area contributed by atoms with Crippen LogP contribution in [0.25, 0.3) is 0 Å². The minimum absolute atomic E-state index is 0.0463. The van der Waals surface area contributed by atoms with Crippen molar-refractivity contribution >= 4 is 17.7 Å². The number of hydrogen-bond acceptors (Lipinski definition) is 3. The van der Waals surface area contributed by atoms with Gasteiger partial charge in [0.1, 0.15) is 16.8 Å². The van der Waals surface area contributed by atoms with Gasteiger partial charge in [-0.05, 0) is 42.7 Å². The maximum absolute atomic E-state index is 13.2. The van der Waals surface area contributed by atoms with Crippen molar-refractivity contribution in [3.63, 3.8) is 0 Å². The van der Waals surface area contributed by atoms with Crippen molar-refractivity contribution in [1.29, 1.82) is 0 Å². The number of amides is 1. The van der Waals surface area contributed by atoms with Crippen LogP contribution in [0, 0.1) is 5.82 Å². The Morgan fingerprint density at radius 3 is 2.57 bits per heavy atom.